The minimum Gasteiger partial charge on any atom is -0.468 e. The third kappa shape index (κ3) is 2.95. The van der Waals surface area contributed by atoms with Crippen LogP contribution in [0.15, 0.2) is 52.0 Å². The molecule has 0 amide bonds. The van der Waals surface area contributed by atoms with E-state index >= 15 is 0 Å². The second-order valence-electron chi connectivity index (χ2n) is 3.72. The average molecular weight is 251 g/mol. The molecule has 1 aromatic heterocycles. The quantitative estimate of drug-likeness (QED) is 0.905. The molecule has 0 saturated heterocycles. The van der Waals surface area contributed by atoms with E-state index in [1.54, 1.807) is 30.3 Å². The molecule has 0 atom stereocenters. The Balaban J connectivity index is 2.14. The van der Waals surface area contributed by atoms with Gasteiger partial charge in [0.2, 0.25) is 10.0 Å². The standard InChI is InChI=1S/C12H13NO3S/c1-10-4-2-6-12(8-10)17(14,15)13-9-11-5-3-7-16-11/h2-8,13H,9H2,1H3. The van der Waals surface area contributed by atoms with Crippen molar-refractivity contribution in [1.82, 2.24) is 4.72 Å². The molecule has 4 nitrogen and oxygen atoms in total. The molecule has 0 spiro atoms. The number of furan rings is 1. The summed E-state index contributed by atoms with van der Waals surface area (Å²) in [5.74, 6) is 0.584. The van der Waals surface area contributed by atoms with Gasteiger partial charge in [-0.2, -0.15) is 0 Å². The maximum absolute atomic E-state index is 11.9. The van der Waals surface area contributed by atoms with Crippen molar-refractivity contribution >= 4 is 10.0 Å². The zero-order valence-electron chi connectivity index (χ0n) is 9.38. The highest BCUT2D eigenvalue weighted by Gasteiger charge is 2.13. The van der Waals surface area contributed by atoms with E-state index in [2.05, 4.69) is 4.72 Å². The minimum absolute atomic E-state index is 0.156. The van der Waals surface area contributed by atoms with Crippen LogP contribution in [0, 0.1) is 6.92 Å². The SMILES string of the molecule is Cc1cccc(S(=O)(=O)NCc2ccco2)c1. The van der Waals surface area contributed by atoms with Crippen molar-refractivity contribution in [2.45, 2.75) is 18.4 Å². The molecule has 90 valence electrons. The Morgan fingerprint density at radius 2 is 2.06 bits per heavy atom. The Morgan fingerprint density at radius 3 is 2.71 bits per heavy atom. The first-order valence-electron chi connectivity index (χ1n) is 5.17. The van der Waals surface area contributed by atoms with Crippen molar-refractivity contribution in [3.05, 3.63) is 54.0 Å². The lowest BCUT2D eigenvalue weighted by molar-refractivity contribution is 0.498. The Labute approximate surface area is 100 Å². The monoisotopic (exact) mass is 251 g/mol. The smallest absolute Gasteiger partial charge is 0.240 e. The highest BCUT2D eigenvalue weighted by Crippen LogP contribution is 2.11. The summed E-state index contributed by atoms with van der Waals surface area (Å²) in [4.78, 5) is 0.268. The molecule has 0 saturated carbocycles. The fraction of sp³-hybridized carbons (Fsp3) is 0.167. The number of sulfonamides is 1. The number of rotatable bonds is 4. The van der Waals surface area contributed by atoms with Gasteiger partial charge in [-0.05, 0) is 36.8 Å². The van der Waals surface area contributed by atoms with Crippen LogP contribution in [-0.2, 0) is 16.6 Å². The Morgan fingerprint density at radius 1 is 1.24 bits per heavy atom. The van der Waals surface area contributed by atoms with Gasteiger partial charge in [-0.1, -0.05) is 12.1 Å². The summed E-state index contributed by atoms with van der Waals surface area (Å²) < 4.78 is 31.4. The van der Waals surface area contributed by atoms with E-state index in [0.29, 0.717) is 5.76 Å². The maximum Gasteiger partial charge on any atom is 0.240 e. The molecule has 1 N–H and O–H groups in total. The van der Waals surface area contributed by atoms with Gasteiger partial charge in [-0.3, -0.25) is 0 Å². The number of hydrogen-bond acceptors (Lipinski definition) is 3. The Kier molecular flexibility index (Phi) is 3.31. The van der Waals surface area contributed by atoms with Gasteiger partial charge in [-0.15, -0.1) is 0 Å². The van der Waals surface area contributed by atoms with E-state index in [-0.39, 0.29) is 11.4 Å². The van der Waals surface area contributed by atoms with Crippen LogP contribution in [0.1, 0.15) is 11.3 Å². The zero-order chi connectivity index (χ0) is 12.3. The fourth-order valence-corrected chi connectivity index (χ4v) is 2.54. The highest BCUT2D eigenvalue weighted by atomic mass is 32.2. The van der Waals surface area contributed by atoms with Crippen molar-refractivity contribution < 1.29 is 12.8 Å². The second kappa shape index (κ2) is 4.73. The summed E-state index contributed by atoms with van der Waals surface area (Å²) >= 11 is 0. The number of nitrogens with one attached hydrogen (secondary N) is 1. The summed E-state index contributed by atoms with van der Waals surface area (Å²) in [6, 6.07) is 10.2. The minimum atomic E-state index is -3.47. The van der Waals surface area contributed by atoms with Crippen LogP contribution < -0.4 is 4.72 Å². The molecule has 0 unspecified atom stereocenters. The largest absolute Gasteiger partial charge is 0.468 e. The normalized spacial score (nSPS) is 11.6. The molecule has 1 aromatic carbocycles. The van der Waals surface area contributed by atoms with Crippen LogP contribution in [-0.4, -0.2) is 8.42 Å². The van der Waals surface area contributed by atoms with Crippen LogP contribution in [0.25, 0.3) is 0 Å². The molecule has 0 fully saturated rings. The molecule has 17 heavy (non-hydrogen) atoms. The Bertz CT molecular complexity index is 588. The molecular weight excluding hydrogens is 238 g/mol. The molecule has 0 aliphatic rings. The van der Waals surface area contributed by atoms with E-state index in [4.69, 9.17) is 4.42 Å². The van der Waals surface area contributed by atoms with Gasteiger partial charge in [0.15, 0.2) is 0 Å². The molecule has 2 aromatic rings. The van der Waals surface area contributed by atoms with Gasteiger partial charge in [0.25, 0.3) is 0 Å². The van der Waals surface area contributed by atoms with Gasteiger partial charge in [0, 0.05) is 0 Å². The first-order chi connectivity index (χ1) is 8.08. The van der Waals surface area contributed by atoms with E-state index in [9.17, 15) is 8.42 Å². The zero-order valence-corrected chi connectivity index (χ0v) is 10.2. The molecule has 0 bridgehead atoms. The lowest BCUT2D eigenvalue weighted by atomic mass is 10.2. The van der Waals surface area contributed by atoms with Gasteiger partial charge < -0.3 is 4.42 Å². The van der Waals surface area contributed by atoms with Gasteiger partial charge >= 0.3 is 0 Å². The van der Waals surface area contributed by atoms with E-state index < -0.39 is 10.0 Å². The van der Waals surface area contributed by atoms with Gasteiger partial charge in [0.05, 0.1) is 17.7 Å². The van der Waals surface area contributed by atoms with Crippen LogP contribution >= 0.6 is 0 Å². The lowest BCUT2D eigenvalue weighted by Crippen LogP contribution is -2.23. The van der Waals surface area contributed by atoms with Gasteiger partial charge in [-0.25, -0.2) is 13.1 Å². The van der Waals surface area contributed by atoms with Crippen molar-refractivity contribution in [1.29, 1.82) is 0 Å². The summed E-state index contributed by atoms with van der Waals surface area (Å²) in [6.45, 7) is 2.01. The molecule has 0 aliphatic heterocycles. The van der Waals surface area contributed by atoms with Crippen LogP contribution in [0.2, 0.25) is 0 Å². The number of hydrogen-bond donors (Lipinski definition) is 1. The number of benzene rings is 1. The topological polar surface area (TPSA) is 59.3 Å². The Hall–Kier alpha value is -1.59. The molecule has 1 heterocycles. The van der Waals surface area contributed by atoms with E-state index in [1.165, 1.54) is 6.26 Å². The van der Waals surface area contributed by atoms with Crippen LogP contribution in [0.5, 0.6) is 0 Å². The third-order valence-electron chi connectivity index (χ3n) is 2.32. The first kappa shape index (κ1) is 11.9. The predicted molar refractivity (Wildman–Crippen MR) is 63.9 cm³/mol. The molecular formula is C12H13NO3S. The molecule has 0 radical (unpaired) electrons. The fourth-order valence-electron chi connectivity index (χ4n) is 1.45. The van der Waals surface area contributed by atoms with Crippen LogP contribution in [0.4, 0.5) is 0 Å². The molecule has 0 aliphatic carbocycles. The molecule has 2 rings (SSSR count). The van der Waals surface area contributed by atoms with Crippen molar-refractivity contribution in [2.75, 3.05) is 0 Å². The second-order valence-corrected chi connectivity index (χ2v) is 5.49. The summed E-state index contributed by atoms with van der Waals surface area (Å²) in [6.07, 6.45) is 1.51. The average Bonchev–Trinajstić information content (AvgIpc) is 2.79. The lowest BCUT2D eigenvalue weighted by Gasteiger charge is -2.05. The summed E-state index contributed by atoms with van der Waals surface area (Å²) in [5, 5.41) is 0. The van der Waals surface area contributed by atoms with E-state index in [0.717, 1.165) is 5.56 Å². The predicted octanol–water partition coefficient (Wildman–Crippen LogP) is 2.07. The van der Waals surface area contributed by atoms with Crippen molar-refractivity contribution in [2.24, 2.45) is 0 Å². The highest BCUT2D eigenvalue weighted by molar-refractivity contribution is 7.89. The third-order valence-corrected chi connectivity index (χ3v) is 3.72. The molecule has 5 heteroatoms. The maximum atomic E-state index is 11.9. The first-order valence-corrected chi connectivity index (χ1v) is 6.65. The van der Waals surface area contributed by atoms with Crippen molar-refractivity contribution in [3.63, 3.8) is 0 Å². The van der Waals surface area contributed by atoms with E-state index in [1.807, 2.05) is 13.0 Å². The van der Waals surface area contributed by atoms with Crippen molar-refractivity contribution in [3.8, 4) is 0 Å². The summed E-state index contributed by atoms with van der Waals surface area (Å²) in [7, 11) is -3.47. The summed E-state index contributed by atoms with van der Waals surface area (Å²) in [5.41, 5.74) is 0.908. The van der Waals surface area contributed by atoms with Crippen LogP contribution in [0.3, 0.4) is 0 Å². The van der Waals surface area contributed by atoms with Gasteiger partial charge in [0.1, 0.15) is 5.76 Å². The number of aryl methyl sites for hydroxylation is 1.